The van der Waals surface area contributed by atoms with Gasteiger partial charge < -0.3 is 19.8 Å². The minimum atomic E-state index is -4.85. The monoisotopic (exact) mass is 435 g/mol. The lowest BCUT2D eigenvalue weighted by atomic mass is 9.73. The molecule has 31 heavy (non-hydrogen) atoms. The minimum absolute atomic E-state index is 0.243. The first-order valence-electron chi connectivity index (χ1n) is 10.1. The predicted molar refractivity (Wildman–Crippen MR) is 115 cm³/mol. The van der Waals surface area contributed by atoms with Crippen LogP contribution < -0.4 is 9.64 Å². The summed E-state index contributed by atoms with van der Waals surface area (Å²) in [5, 5.41) is 20.5. The number of para-hydroxylation sites is 1. The molecule has 0 aromatic heterocycles. The van der Waals surface area contributed by atoms with Gasteiger partial charge in [0.2, 0.25) is 0 Å². The highest BCUT2D eigenvalue weighted by Gasteiger charge is 2.57. The van der Waals surface area contributed by atoms with Crippen LogP contribution in [0.2, 0.25) is 0 Å². The summed E-state index contributed by atoms with van der Waals surface area (Å²) in [5.74, 6) is 0.415. The fourth-order valence-electron chi connectivity index (χ4n) is 4.24. The summed E-state index contributed by atoms with van der Waals surface area (Å²) >= 11 is 0. The molecule has 1 atom stereocenters. The number of hydrogen-bond donors (Lipinski definition) is 2. The molecule has 0 saturated carbocycles. The molecule has 4 nitrogen and oxygen atoms in total. The van der Waals surface area contributed by atoms with Gasteiger partial charge in [-0.3, -0.25) is 0 Å². The third-order valence-electron chi connectivity index (χ3n) is 5.79. The Morgan fingerprint density at radius 2 is 1.81 bits per heavy atom. The van der Waals surface area contributed by atoms with Crippen molar-refractivity contribution in [2.24, 2.45) is 0 Å². The second-order valence-electron chi connectivity index (χ2n) is 8.62. The number of β-amino-alcohol motifs (C(OH)–C–C–N with tert-alkyl or cyclic N) is 1. The third-order valence-corrected chi connectivity index (χ3v) is 5.79. The average molecular weight is 435 g/mol. The Kier molecular flexibility index (Phi) is 6.39. The number of rotatable bonds is 7. The van der Waals surface area contributed by atoms with E-state index in [1.165, 1.54) is 7.11 Å². The van der Waals surface area contributed by atoms with E-state index in [1.807, 2.05) is 18.2 Å². The lowest BCUT2D eigenvalue weighted by molar-refractivity contribution is -0.262. The molecular formula is C24H28F3NO3. The second-order valence-corrected chi connectivity index (χ2v) is 8.62. The van der Waals surface area contributed by atoms with Crippen LogP contribution in [0.15, 0.2) is 48.5 Å². The molecule has 3 rings (SSSR count). The van der Waals surface area contributed by atoms with Crippen LogP contribution in [0.1, 0.15) is 37.0 Å². The second kappa shape index (κ2) is 8.55. The fourth-order valence-corrected chi connectivity index (χ4v) is 4.24. The number of anilines is 1. The summed E-state index contributed by atoms with van der Waals surface area (Å²) in [6.45, 7) is 2.73. The molecule has 0 bridgehead atoms. The van der Waals surface area contributed by atoms with Crippen molar-refractivity contribution in [2.45, 2.75) is 44.1 Å². The van der Waals surface area contributed by atoms with Crippen molar-refractivity contribution >= 4 is 11.8 Å². The van der Waals surface area contributed by atoms with E-state index in [4.69, 9.17) is 4.74 Å². The van der Waals surface area contributed by atoms with Gasteiger partial charge in [-0.05, 0) is 41.2 Å². The molecule has 2 N–H and O–H groups in total. The van der Waals surface area contributed by atoms with E-state index < -0.39 is 30.2 Å². The van der Waals surface area contributed by atoms with Crippen LogP contribution in [-0.2, 0) is 12.0 Å². The number of methoxy groups -OCH3 is 1. The van der Waals surface area contributed by atoms with Crippen LogP contribution in [0.4, 0.5) is 18.9 Å². The zero-order valence-corrected chi connectivity index (χ0v) is 17.9. The van der Waals surface area contributed by atoms with E-state index in [0.717, 1.165) is 5.56 Å². The lowest BCUT2D eigenvalue weighted by Crippen LogP contribution is -2.56. The zero-order chi connectivity index (χ0) is 22.9. The molecule has 1 unspecified atom stereocenters. The molecule has 0 aliphatic carbocycles. The van der Waals surface area contributed by atoms with Crippen molar-refractivity contribution in [2.75, 3.05) is 25.1 Å². The number of halogens is 3. The zero-order valence-electron chi connectivity index (χ0n) is 17.9. The molecule has 1 aliphatic heterocycles. The summed E-state index contributed by atoms with van der Waals surface area (Å²) in [6, 6.07) is 12.1. The van der Waals surface area contributed by atoms with Gasteiger partial charge >= 0.3 is 6.18 Å². The van der Waals surface area contributed by atoms with Crippen LogP contribution in [-0.4, -0.2) is 42.2 Å². The molecule has 7 heteroatoms. The SMILES string of the molecule is COc1ccc(CO)cc1C(C)(C)CC(O)(CN1CC=Cc2ccccc21)C(F)(F)F. The summed E-state index contributed by atoms with van der Waals surface area (Å²) in [5.41, 5.74) is -1.51. The van der Waals surface area contributed by atoms with Crippen LogP contribution in [0.3, 0.4) is 0 Å². The van der Waals surface area contributed by atoms with Crippen LogP contribution in [0.25, 0.3) is 6.08 Å². The van der Waals surface area contributed by atoms with E-state index in [1.54, 1.807) is 55.2 Å². The molecule has 0 spiro atoms. The van der Waals surface area contributed by atoms with Gasteiger partial charge in [-0.1, -0.05) is 50.3 Å². The molecule has 0 fully saturated rings. The Bertz CT molecular complexity index is 955. The van der Waals surface area contributed by atoms with Crippen molar-refractivity contribution in [1.82, 2.24) is 0 Å². The summed E-state index contributed by atoms with van der Waals surface area (Å²) < 4.78 is 48.1. The van der Waals surface area contributed by atoms with E-state index in [2.05, 4.69) is 0 Å². The Hall–Kier alpha value is -2.51. The lowest BCUT2D eigenvalue weighted by Gasteiger charge is -2.42. The number of hydrogen-bond acceptors (Lipinski definition) is 4. The van der Waals surface area contributed by atoms with Gasteiger partial charge in [-0.15, -0.1) is 0 Å². The molecule has 0 radical (unpaired) electrons. The highest BCUT2D eigenvalue weighted by molar-refractivity contribution is 5.71. The summed E-state index contributed by atoms with van der Waals surface area (Å²) in [7, 11) is 1.44. The topological polar surface area (TPSA) is 52.9 Å². The van der Waals surface area contributed by atoms with Crippen LogP contribution in [0.5, 0.6) is 5.75 Å². The molecule has 0 saturated heterocycles. The van der Waals surface area contributed by atoms with Crippen molar-refractivity contribution in [3.8, 4) is 5.75 Å². The van der Waals surface area contributed by atoms with Gasteiger partial charge in [0.1, 0.15) is 5.75 Å². The van der Waals surface area contributed by atoms with Gasteiger partial charge in [-0.25, -0.2) is 0 Å². The number of aliphatic hydroxyl groups excluding tert-OH is 1. The van der Waals surface area contributed by atoms with Crippen molar-refractivity contribution in [1.29, 1.82) is 0 Å². The predicted octanol–water partition coefficient (Wildman–Crippen LogP) is 4.68. The van der Waals surface area contributed by atoms with Crippen molar-refractivity contribution in [3.63, 3.8) is 0 Å². The number of alkyl halides is 3. The Morgan fingerprint density at radius 1 is 1.10 bits per heavy atom. The molecule has 168 valence electrons. The summed E-state index contributed by atoms with van der Waals surface area (Å²) in [4.78, 5) is 1.56. The smallest absolute Gasteiger partial charge is 0.418 e. The quantitative estimate of drug-likeness (QED) is 0.663. The van der Waals surface area contributed by atoms with Crippen LogP contribution >= 0.6 is 0 Å². The fraction of sp³-hybridized carbons (Fsp3) is 0.417. The van der Waals surface area contributed by atoms with Crippen molar-refractivity contribution < 1.29 is 28.1 Å². The molecule has 1 heterocycles. The Balaban J connectivity index is 1.97. The van der Waals surface area contributed by atoms with Gasteiger partial charge in [0.05, 0.1) is 20.3 Å². The van der Waals surface area contributed by atoms with Gasteiger partial charge in [0.25, 0.3) is 0 Å². The van der Waals surface area contributed by atoms with Gasteiger partial charge in [0, 0.05) is 17.8 Å². The maximum Gasteiger partial charge on any atom is 0.418 e. The Morgan fingerprint density at radius 3 is 2.45 bits per heavy atom. The Labute approximate surface area is 180 Å². The first-order valence-corrected chi connectivity index (χ1v) is 10.1. The number of nitrogens with zero attached hydrogens (tertiary/aromatic N) is 1. The highest BCUT2D eigenvalue weighted by Crippen LogP contribution is 2.45. The number of ether oxygens (including phenoxy) is 1. The molecule has 1 aliphatic rings. The minimum Gasteiger partial charge on any atom is -0.496 e. The number of fused-ring (bicyclic) bond motifs is 1. The first-order chi connectivity index (χ1) is 14.5. The maximum atomic E-state index is 14.2. The molecular weight excluding hydrogens is 407 g/mol. The van der Waals surface area contributed by atoms with Gasteiger partial charge in [0.15, 0.2) is 5.60 Å². The van der Waals surface area contributed by atoms with Gasteiger partial charge in [-0.2, -0.15) is 13.2 Å². The highest BCUT2D eigenvalue weighted by atomic mass is 19.4. The van der Waals surface area contributed by atoms with Crippen LogP contribution in [0, 0.1) is 0 Å². The van der Waals surface area contributed by atoms with E-state index in [9.17, 15) is 23.4 Å². The van der Waals surface area contributed by atoms with E-state index in [-0.39, 0.29) is 13.2 Å². The third kappa shape index (κ3) is 4.72. The average Bonchev–Trinajstić information content (AvgIpc) is 2.72. The first kappa shape index (κ1) is 23.2. The number of aliphatic hydroxyl groups is 2. The largest absolute Gasteiger partial charge is 0.496 e. The summed E-state index contributed by atoms with van der Waals surface area (Å²) in [6.07, 6.45) is -1.76. The van der Waals surface area contributed by atoms with E-state index in [0.29, 0.717) is 22.6 Å². The molecule has 2 aromatic rings. The molecule has 2 aromatic carbocycles. The standard InChI is InChI=1S/C24H28F3NO3/c1-22(2,19-13-17(14-29)10-11-21(19)31-3)15-23(30,24(25,26)27)16-28-12-6-8-18-7-4-5-9-20(18)28/h4-11,13,29-30H,12,14-16H2,1-3H3. The normalized spacial score (nSPS) is 16.1. The maximum absolute atomic E-state index is 14.2. The van der Waals surface area contributed by atoms with Crippen molar-refractivity contribution in [3.05, 3.63) is 65.2 Å². The molecule has 0 amide bonds. The van der Waals surface area contributed by atoms with E-state index >= 15 is 0 Å². The number of benzene rings is 2.